The molecule has 0 aromatic carbocycles. The van der Waals surface area contributed by atoms with Gasteiger partial charge in [-0.25, -0.2) is 0 Å². The number of methoxy groups -OCH3 is 1. The highest BCUT2D eigenvalue weighted by atomic mass is 16.5. The summed E-state index contributed by atoms with van der Waals surface area (Å²) in [5.41, 5.74) is 0. The van der Waals surface area contributed by atoms with Crippen LogP contribution in [0.1, 0.15) is 25.7 Å². The summed E-state index contributed by atoms with van der Waals surface area (Å²) in [6, 6.07) is 0. The van der Waals surface area contributed by atoms with Crippen LogP contribution in [0.2, 0.25) is 0 Å². The first-order valence-corrected chi connectivity index (χ1v) is 4.43. The monoisotopic (exact) mass is 186 g/mol. The number of esters is 1. The van der Waals surface area contributed by atoms with Crippen LogP contribution >= 0.6 is 0 Å². The molecular formula is C9H14O4. The van der Waals surface area contributed by atoms with Crippen molar-refractivity contribution < 1.29 is 19.4 Å². The Labute approximate surface area is 76.9 Å². The molecule has 1 rings (SSSR count). The number of carboxylic acids is 1. The molecule has 0 amide bonds. The summed E-state index contributed by atoms with van der Waals surface area (Å²) in [6.45, 7) is 0. The molecule has 13 heavy (non-hydrogen) atoms. The molecule has 1 atom stereocenters. The van der Waals surface area contributed by atoms with E-state index in [4.69, 9.17) is 5.11 Å². The lowest BCUT2D eigenvalue weighted by molar-refractivity contribution is -0.151. The summed E-state index contributed by atoms with van der Waals surface area (Å²) < 4.78 is 4.54. The minimum atomic E-state index is -0.934. The first-order valence-electron chi connectivity index (χ1n) is 4.43. The van der Waals surface area contributed by atoms with Crippen molar-refractivity contribution in [2.24, 2.45) is 11.8 Å². The minimum Gasteiger partial charge on any atom is -0.481 e. The van der Waals surface area contributed by atoms with Gasteiger partial charge in [0, 0.05) is 0 Å². The summed E-state index contributed by atoms with van der Waals surface area (Å²) in [5, 5.41) is 8.55. The van der Waals surface area contributed by atoms with Crippen LogP contribution in [0.25, 0.3) is 0 Å². The zero-order chi connectivity index (χ0) is 9.84. The Bertz CT molecular complexity index is 208. The van der Waals surface area contributed by atoms with E-state index >= 15 is 0 Å². The smallest absolute Gasteiger partial charge is 0.309 e. The van der Waals surface area contributed by atoms with E-state index in [1.54, 1.807) is 0 Å². The largest absolute Gasteiger partial charge is 0.481 e. The Balaban J connectivity index is 2.41. The zero-order valence-electron chi connectivity index (χ0n) is 7.66. The van der Waals surface area contributed by atoms with Crippen molar-refractivity contribution in [3.05, 3.63) is 0 Å². The van der Waals surface area contributed by atoms with Crippen molar-refractivity contribution in [2.45, 2.75) is 25.7 Å². The molecule has 1 N–H and O–H groups in total. The van der Waals surface area contributed by atoms with Crippen molar-refractivity contribution >= 4 is 11.9 Å². The molecular weight excluding hydrogens is 172 g/mol. The van der Waals surface area contributed by atoms with Crippen molar-refractivity contribution in [1.82, 2.24) is 0 Å². The molecule has 1 aliphatic rings. The van der Waals surface area contributed by atoms with Crippen LogP contribution in [-0.4, -0.2) is 24.2 Å². The lowest BCUT2D eigenvalue weighted by Crippen LogP contribution is -2.20. The summed E-state index contributed by atoms with van der Waals surface area (Å²) in [5.74, 6) is -1.23. The molecule has 4 nitrogen and oxygen atoms in total. The fourth-order valence-electron chi connectivity index (χ4n) is 1.40. The third kappa shape index (κ3) is 3.44. The van der Waals surface area contributed by atoms with Gasteiger partial charge >= 0.3 is 11.9 Å². The fraction of sp³-hybridized carbons (Fsp3) is 0.778. The maximum absolute atomic E-state index is 11.1. The van der Waals surface area contributed by atoms with E-state index in [1.165, 1.54) is 7.11 Å². The number of carbonyl (C=O) groups is 2. The van der Waals surface area contributed by atoms with Gasteiger partial charge < -0.3 is 9.84 Å². The number of hydrogen-bond donors (Lipinski definition) is 1. The molecule has 0 bridgehead atoms. The maximum Gasteiger partial charge on any atom is 0.309 e. The Morgan fingerprint density at radius 2 is 2.15 bits per heavy atom. The predicted molar refractivity (Wildman–Crippen MR) is 45.1 cm³/mol. The molecule has 0 spiro atoms. The van der Waals surface area contributed by atoms with Gasteiger partial charge in [-0.2, -0.15) is 0 Å². The quantitative estimate of drug-likeness (QED) is 0.652. The third-order valence-corrected chi connectivity index (χ3v) is 2.27. The Kier molecular flexibility index (Phi) is 3.28. The topological polar surface area (TPSA) is 63.6 Å². The molecule has 1 saturated carbocycles. The van der Waals surface area contributed by atoms with Gasteiger partial charge in [-0.05, 0) is 12.3 Å². The molecule has 0 radical (unpaired) electrons. The van der Waals surface area contributed by atoms with Crippen LogP contribution in [0.5, 0.6) is 0 Å². The van der Waals surface area contributed by atoms with Crippen LogP contribution in [0.15, 0.2) is 0 Å². The van der Waals surface area contributed by atoms with E-state index in [0.29, 0.717) is 12.3 Å². The Morgan fingerprint density at radius 3 is 2.54 bits per heavy atom. The van der Waals surface area contributed by atoms with E-state index in [-0.39, 0.29) is 6.42 Å². The van der Waals surface area contributed by atoms with Gasteiger partial charge in [-0.15, -0.1) is 0 Å². The third-order valence-electron chi connectivity index (χ3n) is 2.27. The molecule has 4 heteroatoms. The molecule has 0 heterocycles. The minimum absolute atomic E-state index is 0.108. The Hall–Kier alpha value is -1.06. The lowest BCUT2D eigenvalue weighted by atomic mass is 9.99. The molecule has 0 unspecified atom stereocenters. The van der Waals surface area contributed by atoms with Gasteiger partial charge in [0.05, 0.1) is 19.4 Å². The van der Waals surface area contributed by atoms with E-state index in [0.717, 1.165) is 12.8 Å². The van der Waals surface area contributed by atoms with Gasteiger partial charge in [0.2, 0.25) is 0 Å². The van der Waals surface area contributed by atoms with Crippen LogP contribution in [0, 0.1) is 11.8 Å². The number of hydrogen-bond acceptors (Lipinski definition) is 3. The second-order valence-corrected chi connectivity index (χ2v) is 3.50. The van der Waals surface area contributed by atoms with Crippen LogP contribution < -0.4 is 0 Å². The van der Waals surface area contributed by atoms with Crippen molar-refractivity contribution in [3.8, 4) is 0 Å². The summed E-state index contributed by atoms with van der Waals surface area (Å²) in [6.07, 6.45) is 2.79. The zero-order valence-corrected chi connectivity index (χ0v) is 7.66. The van der Waals surface area contributed by atoms with Crippen LogP contribution in [0.3, 0.4) is 0 Å². The van der Waals surface area contributed by atoms with Crippen LogP contribution in [0.4, 0.5) is 0 Å². The molecule has 0 saturated heterocycles. The standard InChI is InChI=1S/C9H14O4/c1-13-9(12)7(5-8(10)11)4-6-2-3-6/h6-7H,2-5H2,1H3,(H,10,11)/t7-/m1/s1. The van der Waals surface area contributed by atoms with Gasteiger partial charge in [0.25, 0.3) is 0 Å². The molecule has 74 valence electrons. The normalized spacial score (nSPS) is 17.9. The average Bonchev–Trinajstić information content (AvgIpc) is 2.85. The van der Waals surface area contributed by atoms with Crippen molar-refractivity contribution in [1.29, 1.82) is 0 Å². The van der Waals surface area contributed by atoms with E-state index in [1.807, 2.05) is 0 Å². The van der Waals surface area contributed by atoms with Crippen molar-refractivity contribution in [3.63, 3.8) is 0 Å². The van der Waals surface area contributed by atoms with E-state index in [9.17, 15) is 9.59 Å². The summed E-state index contributed by atoms with van der Waals surface area (Å²) in [7, 11) is 1.30. The van der Waals surface area contributed by atoms with Gasteiger partial charge in [-0.3, -0.25) is 9.59 Å². The maximum atomic E-state index is 11.1. The number of aliphatic carboxylic acids is 1. The number of carbonyl (C=O) groups excluding carboxylic acids is 1. The van der Waals surface area contributed by atoms with Gasteiger partial charge in [0.15, 0.2) is 0 Å². The van der Waals surface area contributed by atoms with E-state index in [2.05, 4.69) is 4.74 Å². The highest BCUT2D eigenvalue weighted by Gasteiger charge is 2.31. The molecule has 0 aromatic heterocycles. The first-order chi connectivity index (χ1) is 6.13. The van der Waals surface area contributed by atoms with Crippen LogP contribution in [-0.2, 0) is 14.3 Å². The SMILES string of the molecule is COC(=O)[C@@H](CC(=O)O)CC1CC1. The molecule has 1 aliphatic carbocycles. The average molecular weight is 186 g/mol. The number of ether oxygens (including phenoxy) is 1. The summed E-state index contributed by atoms with van der Waals surface area (Å²) >= 11 is 0. The molecule has 0 aromatic rings. The molecule has 0 aliphatic heterocycles. The van der Waals surface area contributed by atoms with E-state index < -0.39 is 17.9 Å². The van der Waals surface area contributed by atoms with Crippen molar-refractivity contribution in [2.75, 3.05) is 7.11 Å². The summed E-state index contributed by atoms with van der Waals surface area (Å²) in [4.78, 5) is 21.5. The lowest BCUT2D eigenvalue weighted by Gasteiger charge is -2.10. The van der Waals surface area contributed by atoms with Gasteiger partial charge in [-0.1, -0.05) is 12.8 Å². The highest BCUT2D eigenvalue weighted by Crippen LogP contribution is 2.36. The second kappa shape index (κ2) is 4.25. The number of carboxylic acid groups (broad SMARTS) is 1. The molecule has 1 fully saturated rings. The second-order valence-electron chi connectivity index (χ2n) is 3.50. The highest BCUT2D eigenvalue weighted by molar-refractivity contribution is 5.78. The first kappa shape index (κ1) is 10.0. The number of rotatable bonds is 5. The Morgan fingerprint density at radius 1 is 1.54 bits per heavy atom. The predicted octanol–water partition coefficient (Wildman–Crippen LogP) is 1.05. The van der Waals surface area contributed by atoms with Gasteiger partial charge in [0.1, 0.15) is 0 Å². The fourth-order valence-corrected chi connectivity index (χ4v) is 1.40.